The molecule has 6 nitrogen and oxygen atoms in total. The minimum absolute atomic E-state index is 0.281. The Bertz CT molecular complexity index is 1560. The molecule has 5 aromatic rings. The number of aromatic amines is 1. The number of unbranched alkanes of at least 4 members (excludes halogenated alkanes) is 1. The summed E-state index contributed by atoms with van der Waals surface area (Å²) < 4.78 is 5.84. The second kappa shape index (κ2) is 9.93. The molecule has 2 aromatic heterocycles. The summed E-state index contributed by atoms with van der Waals surface area (Å²) in [5, 5.41) is 9.79. The number of aryl methyl sites for hydroxylation is 1. The SMILES string of the molecule is CCCCc1nc2cccc(C(=O)O)c2n1Cc1ccc(-c2ccccc2-c2nc(=S)s[nH]2)cc1. The first-order valence-corrected chi connectivity index (χ1v) is 12.7. The van der Waals surface area contributed by atoms with Crippen molar-refractivity contribution in [2.75, 3.05) is 0 Å². The minimum Gasteiger partial charge on any atom is -0.478 e. The molecule has 8 heteroatoms. The number of rotatable bonds is 8. The molecule has 2 heterocycles. The first-order chi connectivity index (χ1) is 17.0. The normalized spacial score (nSPS) is 11.2. The Morgan fingerprint density at radius 2 is 1.80 bits per heavy atom. The molecule has 0 bridgehead atoms. The number of H-pyrrole nitrogens is 1. The van der Waals surface area contributed by atoms with Gasteiger partial charge in [0.25, 0.3) is 0 Å². The predicted octanol–water partition coefficient (Wildman–Crippen LogP) is 6.97. The number of para-hydroxylation sites is 1. The maximum atomic E-state index is 11.9. The molecule has 0 aliphatic rings. The zero-order valence-corrected chi connectivity index (χ0v) is 20.8. The fourth-order valence-corrected chi connectivity index (χ4v) is 5.05. The molecule has 176 valence electrons. The van der Waals surface area contributed by atoms with Crippen LogP contribution in [0.4, 0.5) is 0 Å². The van der Waals surface area contributed by atoms with Gasteiger partial charge in [0.1, 0.15) is 11.6 Å². The second-order valence-corrected chi connectivity index (χ2v) is 9.81. The van der Waals surface area contributed by atoms with Crippen molar-refractivity contribution in [2.45, 2.75) is 32.7 Å². The monoisotopic (exact) mass is 500 g/mol. The van der Waals surface area contributed by atoms with Crippen LogP contribution in [0.2, 0.25) is 0 Å². The van der Waals surface area contributed by atoms with Crippen LogP contribution in [0.15, 0.2) is 66.7 Å². The molecule has 0 amide bonds. The predicted molar refractivity (Wildman–Crippen MR) is 143 cm³/mol. The van der Waals surface area contributed by atoms with Gasteiger partial charge in [-0.05, 0) is 59.0 Å². The zero-order valence-electron chi connectivity index (χ0n) is 19.2. The number of imidazole rings is 1. The summed E-state index contributed by atoms with van der Waals surface area (Å²) in [6.07, 6.45) is 2.86. The number of carboxylic acids is 1. The molecular formula is C27H24N4O2S2. The molecule has 5 rings (SSSR count). The Kier molecular flexibility index (Phi) is 6.57. The Hall–Kier alpha value is -3.62. The molecule has 0 unspecified atom stereocenters. The van der Waals surface area contributed by atoms with E-state index in [2.05, 4.69) is 51.2 Å². The first kappa shape index (κ1) is 23.1. The summed E-state index contributed by atoms with van der Waals surface area (Å²) in [6, 6.07) is 21.8. The molecule has 3 aromatic carbocycles. The molecule has 0 aliphatic heterocycles. The van der Waals surface area contributed by atoms with Gasteiger partial charge in [0, 0.05) is 18.5 Å². The number of carboxylic acid groups (broad SMARTS) is 1. The number of nitrogens with one attached hydrogen (secondary N) is 1. The van der Waals surface area contributed by atoms with Crippen LogP contribution in [0, 0.1) is 3.95 Å². The van der Waals surface area contributed by atoms with Gasteiger partial charge in [-0.25, -0.2) is 14.8 Å². The number of aromatic carboxylic acids is 1. The minimum atomic E-state index is -0.938. The van der Waals surface area contributed by atoms with E-state index in [9.17, 15) is 9.90 Å². The van der Waals surface area contributed by atoms with Crippen molar-refractivity contribution in [2.24, 2.45) is 0 Å². The lowest BCUT2D eigenvalue weighted by molar-refractivity contribution is 0.0698. The van der Waals surface area contributed by atoms with Crippen LogP contribution in [0.25, 0.3) is 33.5 Å². The van der Waals surface area contributed by atoms with Crippen LogP contribution < -0.4 is 0 Å². The van der Waals surface area contributed by atoms with E-state index < -0.39 is 5.97 Å². The molecule has 2 N–H and O–H groups in total. The van der Waals surface area contributed by atoms with Crippen molar-refractivity contribution in [1.82, 2.24) is 18.9 Å². The topological polar surface area (TPSA) is 83.8 Å². The Balaban J connectivity index is 1.52. The number of carbonyl (C=O) groups is 1. The van der Waals surface area contributed by atoms with Crippen LogP contribution in [-0.2, 0) is 13.0 Å². The highest BCUT2D eigenvalue weighted by molar-refractivity contribution is 7.73. The lowest BCUT2D eigenvalue weighted by atomic mass is 9.98. The highest BCUT2D eigenvalue weighted by Crippen LogP contribution is 2.31. The molecule has 0 radical (unpaired) electrons. The summed E-state index contributed by atoms with van der Waals surface area (Å²) in [4.78, 5) is 21.2. The van der Waals surface area contributed by atoms with Crippen molar-refractivity contribution >= 4 is 40.8 Å². The molecular weight excluding hydrogens is 476 g/mol. The molecule has 0 saturated heterocycles. The van der Waals surface area contributed by atoms with Gasteiger partial charge < -0.3 is 9.67 Å². The zero-order chi connectivity index (χ0) is 24.4. The first-order valence-electron chi connectivity index (χ1n) is 11.5. The van der Waals surface area contributed by atoms with Crippen molar-refractivity contribution in [3.63, 3.8) is 0 Å². The average Bonchev–Trinajstić information content (AvgIpc) is 3.46. The molecule has 0 atom stereocenters. The van der Waals surface area contributed by atoms with E-state index >= 15 is 0 Å². The second-order valence-electron chi connectivity index (χ2n) is 8.37. The van der Waals surface area contributed by atoms with Crippen molar-refractivity contribution in [3.05, 3.63) is 87.6 Å². The van der Waals surface area contributed by atoms with Crippen LogP contribution >= 0.6 is 23.8 Å². The van der Waals surface area contributed by atoms with Crippen LogP contribution in [0.5, 0.6) is 0 Å². The Labute approximate surface area is 212 Å². The largest absolute Gasteiger partial charge is 0.478 e. The molecule has 0 fully saturated rings. The third-order valence-electron chi connectivity index (χ3n) is 6.06. The van der Waals surface area contributed by atoms with Crippen molar-refractivity contribution < 1.29 is 9.90 Å². The van der Waals surface area contributed by atoms with Gasteiger partial charge in [0.2, 0.25) is 0 Å². The highest BCUT2D eigenvalue weighted by Gasteiger charge is 2.18. The van der Waals surface area contributed by atoms with Gasteiger partial charge in [0.15, 0.2) is 3.95 Å². The number of fused-ring (bicyclic) bond motifs is 1. The molecule has 0 aliphatic carbocycles. The van der Waals surface area contributed by atoms with E-state index in [1.165, 1.54) is 11.5 Å². The van der Waals surface area contributed by atoms with Gasteiger partial charge in [0.05, 0.1) is 16.6 Å². The fourth-order valence-electron chi connectivity index (χ4n) is 4.36. The Morgan fingerprint density at radius 1 is 1.03 bits per heavy atom. The third kappa shape index (κ3) is 4.67. The van der Waals surface area contributed by atoms with Gasteiger partial charge in [-0.2, -0.15) is 0 Å². The summed E-state index contributed by atoms with van der Waals surface area (Å²) in [5.41, 5.74) is 5.91. The smallest absolute Gasteiger partial charge is 0.337 e. The van der Waals surface area contributed by atoms with E-state index in [1.54, 1.807) is 12.1 Å². The van der Waals surface area contributed by atoms with Gasteiger partial charge >= 0.3 is 5.97 Å². The number of nitrogens with zero attached hydrogens (tertiary/aromatic N) is 3. The molecule has 0 saturated carbocycles. The lowest BCUT2D eigenvalue weighted by Crippen LogP contribution is -2.08. The number of benzene rings is 3. The number of hydrogen-bond donors (Lipinski definition) is 2. The Morgan fingerprint density at radius 3 is 2.49 bits per heavy atom. The van der Waals surface area contributed by atoms with Crippen molar-refractivity contribution in [3.8, 4) is 22.5 Å². The quantitative estimate of drug-likeness (QED) is 0.225. The van der Waals surface area contributed by atoms with E-state index in [1.807, 2.05) is 24.3 Å². The summed E-state index contributed by atoms with van der Waals surface area (Å²) in [7, 11) is 0. The molecule has 0 spiro atoms. The van der Waals surface area contributed by atoms with Crippen molar-refractivity contribution in [1.29, 1.82) is 0 Å². The standard InChI is InChI=1S/C27H24N4O2S2/c1-2-3-11-23-28-22-10-6-9-21(26(32)33)24(22)31(23)16-17-12-14-18(15-13-17)19-7-4-5-8-20(19)25-29-27(34)35-30-25/h4-10,12-15H,2-3,11,16H2,1H3,(H,32,33)(H,29,30,34). The van der Waals surface area contributed by atoms with Gasteiger partial charge in [-0.15, -0.1) is 0 Å². The van der Waals surface area contributed by atoms with E-state index in [0.29, 0.717) is 16.0 Å². The van der Waals surface area contributed by atoms with Gasteiger partial charge in [-0.3, -0.25) is 4.37 Å². The molecule has 35 heavy (non-hydrogen) atoms. The number of hydrogen-bond acceptors (Lipinski definition) is 5. The van der Waals surface area contributed by atoms with Gasteiger partial charge in [-0.1, -0.05) is 67.9 Å². The maximum absolute atomic E-state index is 11.9. The highest BCUT2D eigenvalue weighted by atomic mass is 32.2. The maximum Gasteiger partial charge on any atom is 0.337 e. The van der Waals surface area contributed by atoms with E-state index in [-0.39, 0.29) is 5.56 Å². The lowest BCUT2D eigenvalue weighted by Gasteiger charge is -2.12. The number of aromatic nitrogens is 4. The van der Waals surface area contributed by atoms with E-state index in [0.717, 1.165) is 58.7 Å². The van der Waals surface area contributed by atoms with Crippen LogP contribution in [0.3, 0.4) is 0 Å². The van der Waals surface area contributed by atoms with Crippen LogP contribution in [0.1, 0.15) is 41.5 Å². The third-order valence-corrected chi connectivity index (χ3v) is 6.96. The van der Waals surface area contributed by atoms with E-state index in [4.69, 9.17) is 17.2 Å². The summed E-state index contributed by atoms with van der Waals surface area (Å²) in [6.45, 7) is 2.70. The van der Waals surface area contributed by atoms with Crippen LogP contribution in [-0.4, -0.2) is 30.0 Å². The summed E-state index contributed by atoms with van der Waals surface area (Å²) >= 11 is 6.54. The summed E-state index contributed by atoms with van der Waals surface area (Å²) in [5.74, 6) is 0.752. The fraction of sp³-hybridized carbons (Fsp3) is 0.185. The average molecular weight is 501 g/mol.